The summed E-state index contributed by atoms with van der Waals surface area (Å²) in [6.45, 7) is 2.33. The molecule has 2 aliphatic rings. The standard InChI is InChI=1S/C48H92NO17P.Na/c1-4-6-8-10-12-14-16-18-20-22-24-26-28-30-37(51)61-33-35(63-38(52)31-29-27-25-23-21-19-17-15-13-11-9-7-5-2)34-62-67(58,59)66-47-45(60-3)43(56)42(55)44(57)46(47)65-48-39(49)41(54)40(53)36(32-50)64-48;/h35-36,39-48,50,53-57H,4-34,49H2,1-3H3,(H,58,59);/q;+1/p-1/t35-,36-,39-,40+,41-,42+,43+,44-,45+,46+,47+,48-;/m1./s1. The molecule has 0 spiro atoms. The van der Waals surface area contributed by atoms with Crippen LogP contribution in [0.3, 0.4) is 0 Å². The summed E-state index contributed by atoms with van der Waals surface area (Å²) < 4.78 is 51.4. The van der Waals surface area contributed by atoms with E-state index in [0.717, 1.165) is 58.5 Å². The summed E-state index contributed by atoms with van der Waals surface area (Å²) >= 11 is 0. The minimum atomic E-state index is -5.52. The maximum Gasteiger partial charge on any atom is 1.00 e. The Hall–Kier alpha value is -0.350. The van der Waals surface area contributed by atoms with Crippen molar-refractivity contribution in [1.29, 1.82) is 0 Å². The molecule has 0 bridgehead atoms. The van der Waals surface area contributed by atoms with Gasteiger partial charge in [-0.2, -0.15) is 0 Å². The quantitative estimate of drug-likeness (QED) is 0.0201. The van der Waals surface area contributed by atoms with E-state index in [1.54, 1.807) is 0 Å². The van der Waals surface area contributed by atoms with E-state index in [-0.39, 0.29) is 42.4 Å². The summed E-state index contributed by atoms with van der Waals surface area (Å²) in [5.74, 6) is -1.18. The van der Waals surface area contributed by atoms with Gasteiger partial charge in [0.1, 0.15) is 61.5 Å². The predicted octanol–water partition coefficient (Wildman–Crippen LogP) is 2.54. The predicted molar refractivity (Wildman–Crippen MR) is 249 cm³/mol. The summed E-state index contributed by atoms with van der Waals surface area (Å²) in [6, 6.07) is -1.49. The van der Waals surface area contributed by atoms with Crippen LogP contribution in [0.2, 0.25) is 0 Å². The van der Waals surface area contributed by atoms with Crippen molar-refractivity contribution in [3.63, 3.8) is 0 Å². The number of carbonyl (C=O) groups is 2. The zero-order chi connectivity index (χ0) is 49.5. The normalized spacial score (nSPS) is 27.5. The maximum absolute atomic E-state index is 13.5. The minimum absolute atomic E-state index is 0. The van der Waals surface area contributed by atoms with Gasteiger partial charge in [-0.25, -0.2) is 0 Å². The second-order valence-corrected chi connectivity index (χ2v) is 20.0. The zero-order valence-corrected chi connectivity index (χ0v) is 44.9. The van der Waals surface area contributed by atoms with Crippen LogP contribution >= 0.6 is 7.82 Å². The minimum Gasteiger partial charge on any atom is -0.756 e. The Morgan fingerprint density at radius 3 is 1.47 bits per heavy atom. The maximum atomic E-state index is 13.5. The molecule has 2 rings (SSSR count). The van der Waals surface area contributed by atoms with E-state index < -0.39 is 113 Å². The van der Waals surface area contributed by atoms with Crippen LogP contribution in [-0.2, 0) is 46.9 Å². The SMILES string of the molecule is CCCCCCCCCCCCCCCC(=O)OC[C@H](COP(=O)([O-])O[C@@H]1[C@@H](O[C@H]2O[C@H](CO)[C@H](O)[C@H](O)[C@H]2N)[C@H](O)[C@@H](O)[C@H](O)[C@@H]1OC)OC(=O)CCCCCCCCCCCCCCC.[Na+]. The van der Waals surface area contributed by atoms with Crippen molar-refractivity contribution >= 4 is 19.8 Å². The Labute approximate surface area is 429 Å². The van der Waals surface area contributed by atoms with E-state index in [2.05, 4.69) is 13.8 Å². The number of hydrogen-bond donors (Lipinski definition) is 7. The van der Waals surface area contributed by atoms with Crippen LogP contribution in [0.15, 0.2) is 0 Å². The third-order valence-corrected chi connectivity index (χ3v) is 13.8. The average molecular weight is 1010 g/mol. The van der Waals surface area contributed by atoms with E-state index in [4.69, 9.17) is 38.5 Å². The Balaban J connectivity index is 0.0000231. The summed E-state index contributed by atoms with van der Waals surface area (Å²) in [6.07, 6.45) is 10.6. The van der Waals surface area contributed by atoms with Crippen LogP contribution in [0.25, 0.3) is 0 Å². The fourth-order valence-corrected chi connectivity index (χ4v) is 9.59. The molecule has 18 nitrogen and oxygen atoms in total. The summed E-state index contributed by atoms with van der Waals surface area (Å²) in [4.78, 5) is 39.2. The number of phosphoric ester groups is 1. The van der Waals surface area contributed by atoms with E-state index in [1.807, 2.05) is 0 Å². The summed E-state index contributed by atoms with van der Waals surface area (Å²) in [7, 11) is -4.44. The molecule has 2 fully saturated rings. The van der Waals surface area contributed by atoms with Gasteiger partial charge < -0.3 is 74.0 Å². The van der Waals surface area contributed by atoms with Crippen molar-refractivity contribution in [3.05, 3.63) is 0 Å². The molecule has 1 heterocycles. The van der Waals surface area contributed by atoms with Crippen molar-refractivity contribution in [2.75, 3.05) is 26.9 Å². The molecule has 1 aliphatic heterocycles. The molecule has 20 heteroatoms. The summed E-state index contributed by atoms with van der Waals surface area (Å²) in [5.41, 5.74) is 6.00. The van der Waals surface area contributed by atoms with Crippen LogP contribution in [0.4, 0.5) is 0 Å². The van der Waals surface area contributed by atoms with Gasteiger partial charge in [0.25, 0.3) is 7.82 Å². The van der Waals surface area contributed by atoms with E-state index in [9.17, 15) is 49.7 Å². The average Bonchev–Trinajstić information content (AvgIpc) is 3.30. The molecular weight excluding hydrogens is 916 g/mol. The number of carbonyl (C=O) groups excluding carboxylic acids is 2. The molecule has 1 unspecified atom stereocenters. The van der Waals surface area contributed by atoms with Crippen LogP contribution in [0.1, 0.15) is 194 Å². The Morgan fingerprint density at radius 2 is 1.03 bits per heavy atom. The van der Waals surface area contributed by atoms with Crippen LogP contribution in [0, 0.1) is 0 Å². The summed E-state index contributed by atoms with van der Waals surface area (Å²) in [5, 5.41) is 62.7. The number of methoxy groups -OCH3 is 1. The number of esters is 2. The Kier molecular flexibility index (Phi) is 37.8. The topological polar surface area (TPSA) is 286 Å². The molecule has 1 saturated heterocycles. The van der Waals surface area contributed by atoms with Gasteiger partial charge in [0.2, 0.25) is 0 Å². The number of unbranched alkanes of at least 4 members (excludes halogenated alkanes) is 24. The van der Waals surface area contributed by atoms with Gasteiger partial charge in [-0.05, 0) is 12.8 Å². The molecule has 0 aromatic carbocycles. The first kappa shape index (κ1) is 65.7. The number of aliphatic hydroxyl groups is 6. The smallest absolute Gasteiger partial charge is 0.756 e. The van der Waals surface area contributed by atoms with Gasteiger partial charge in [0.05, 0.1) is 19.3 Å². The van der Waals surface area contributed by atoms with Crippen molar-refractivity contribution < 1.29 is 112 Å². The molecule has 1 saturated carbocycles. The van der Waals surface area contributed by atoms with Crippen LogP contribution < -0.4 is 40.2 Å². The molecule has 0 aromatic heterocycles. The first-order valence-corrected chi connectivity index (χ1v) is 27.3. The van der Waals surface area contributed by atoms with Gasteiger partial charge >= 0.3 is 41.5 Å². The van der Waals surface area contributed by atoms with Crippen LogP contribution in [-0.4, -0.2) is 143 Å². The van der Waals surface area contributed by atoms with E-state index in [1.165, 1.54) is 103 Å². The number of ether oxygens (including phenoxy) is 5. The third kappa shape index (κ3) is 26.6. The zero-order valence-electron chi connectivity index (χ0n) is 42.0. The van der Waals surface area contributed by atoms with Gasteiger partial charge in [0, 0.05) is 20.0 Å². The molecule has 396 valence electrons. The number of rotatable bonds is 40. The number of phosphoric acid groups is 1. The second-order valence-electron chi connectivity index (χ2n) is 18.6. The molecule has 68 heavy (non-hydrogen) atoms. The molecule has 1 aliphatic carbocycles. The largest absolute Gasteiger partial charge is 1.00 e. The first-order chi connectivity index (χ1) is 32.2. The molecule has 0 radical (unpaired) electrons. The van der Waals surface area contributed by atoms with Crippen molar-refractivity contribution in [3.8, 4) is 0 Å². The molecule has 13 atom stereocenters. The van der Waals surface area contributed by atoms with Gasteiger partial charge in [0.15, 0.2) is 12.4 Å². The van der Waals surface area contributed by atoms with Gasteiger partial charge in [-0.15, -0.1) is 0 Å². The Morgan fingerprint density at radius 1 is 0.603 bits per heavy atom. The monoisotopic (exact) mass is 1010 g/mol. The van der Waals surface area contributed by atoms with Crippen molar-refractivity contribution in [1.82, 2.24) is 0 Å². The number of aliphatic hydroxyl groups excluding tert-OH is 6. The van der Waals surface area contributed by atoms with Crippen molar-refractivity contribution in [2.45, 2.75) is 267 Å². The van der Waals surface area contributed by atoms with Gasteiger partial charge in [-0.3, -0.25) is 14.2 Å². The van der Waals surface area contributed by atoms with E-state index >= 15 is 0 Å². The van der Waals surface area contributed by atoms with Crippen LogP contribution in [0.5, 0.6) is 0 Å². The first-order valence-electron chi connectivity index (χ1n) is 25.8. The fourth-order valence-electron chi connectivity index (χ4n) is 8.65. The molecule has 0 amide bonds. The van der Waals surface area contributed by atoms with Crippen molar-refractivity contribution in [2.24, 2.45) is 5.73 Å². The van der Waals surface area contributed by atoms with Gasteiger partial charge in [-0.1, -0.05) is 168 Å². The Bertz CT molecular complexity index is 1320. The van der Waals surface area contributed by atoms with E-state index in [0.29, 0.717) is 12.8 Å². The third-order valence-electron chi connectivity index (χ3n) is 12.9. The molecule has 0 aromatic rings. The molecular formula is C48H91NNaO17P. The second kappa shape index (κ2) is 39.2. The fraction of sp³-hybridized carbons (Fsp3) is 0.958. The number of hydrogen-bond acceptors (Lipinski definition) is 18. The molecule has 8 N–H and O–H groups in total. The number of nitrogens with two attached hydrogens (primary N) is 1.